The van der Waals surface area contributed by atoms with E-state index in [9.17, 15) is 0 Å². The van der Waals surface area contributed by atoms with Gasteiger partial charge in [-0.1, -0.05) is 52.8 Å². The van der Waals surface area contributed by atoms with E-state index in [4.69, 9.17) is 0 Å². The third kappa shape index (κ3) is 6.32. The normalized spacial score (nSPS) is 10.6. The Balaban J connectivity index is -0.000000534. The molecule has 1 rings (SSSR count). The van der Waals surface area contributed by atoms with Gasteiger partial charge in [0, 0.05) is 13.7 Å². The highest BCUT2D eigenvalue weighted by molar-refractivity contribution is 5.52. The largest absolute Gasteiger partial charge is 0.412 e. The Morgan fingerprint density at radius 2 is 1.76 bits per heavy atom. The van der Waals surface area contributed by atoms with Gasteiger partial charge in [-0.25, -0.2) is 0 Å². The maximum atomic E-state index is 3.48. The molecule has 0 spiro atoms. The average molecular weight is 241 g/mol. The maximum Gasteiger partial charge on any atom is 0.0375 e. The molecular formula is C15H31NO. The summed E-state index contributed by atoms with van der Waals surface area (Å²) in [6, 6.07) is 8.63. The van der Waals surface area contributed by atoms with Gasteiger partial charge in [0.1, 0.15) is 0 Å². The molecule has 0 aliphatic heterocycles. The van der Waals surface area contributed by atoms with Crippen molar-refractivity contribution < 1.29 is 6.90 Å². The number of para-hydroxylation sites is 1. The van der Waals surface area contributed by atoms with Crippen LogP contribution in [-0.4, -0.2) is 12.0 Å². The van der Waals surface area contributed by atoms with Crippen LogP contribution in [0.4, 0.5) is 5.69 Å². The lowest BCUT2D eigenvalue weighted by Crippen LogP contribution is -2.04. The first-order chi connectivity index (χ1) is 7.79. The second-order valence-corrected chi connectivity index (χ2v) is 3.82. The summed E-state index contributed by atoms with van der Waals surface area (Å²) in [7, 11) is 0. The van der Waals surface area contributed by atoms with Crippen LogP contribution in [-0.2, 0) is 0 Å². The van der Waals surface area contributed by atoms with Crippen LogP contribution in [0.2, 0.25) is 0 Å². The minimum absolute atomic E-state index is 0. The Bertz CT molecular complexity index is 279. The molecule has 2 nitrogen and oxygen atoms in total. The van der Waals surface area contributed by atoms with E-state index in [1.165, 1.54) is 24.1 Å². The standard InChI is InChI=1S/C13H21N.C2H6.H2O.H2/c1-4-10-14-13-9-7-6-8-12(13)11(3)5-2;1-2;;/h6-9,11,14H,4-5,10H2,1-3H3;1-2H3;1H2;1H. The maximum absolute atomic E-state index is 3.48. The van der Waals surface area contributed by atoms with Crippen molar-refractivity contribution in [2.45, 2.75) is 53.4 Å². The zero-order valence-corrected chi connectivity index (χ0v) is 12.0. The minimum atomic E-state index is 0. The van der Waals surface area contributed by atoms with E-state index in [0.29, 0.717) is 5.92 Å². The van der Waals surface area contributed by atoms with Crippen LogP contribution in [0.3, 0.4) is 0 Å². The molecule has 0 fully saturated rings. The first-order valence-electron chi connectivity index (χ1n) is 6.62. The summed E-state index contributed by atoms with van der Waals surface area (Å²) >= 11 is 0. The molecule has 0 aliphatic rings. The van der Waals surface area contributed by atoms with Crippen molar-refractivity contribution in [2.24, 2.45) is 0 Å². The quantitative estimate of drug-likeness (QED) is 0.812. The highest BCUT2D eigenvalue weighted by atomic mass is 16.0. The van der Waals surface area contributed by atoms with Crippen molar-refractivity contribution in [1.82, 2.24) is 0 Å². The summed E-state index contributed by atoms with van der Waals surface area (Å²) in [6.07, 6.45) is 2.37. The highest BCUT2D eigenvalue weighted by Crippen LogP contribution is 2.26. The lowest BCUT2D eigenvalue weighted by atomic mass is 9.97. The van der Waals surface area contributed by atoms with E-state index >= 15 is 0 Å². The zero-order chi connectivity index (χ0) is 12.4. The summed E-state index contributed by atoms with van der Waals surface area (Å²) in [5.41, 5.74) is 2.76. The molecule has 0 amide bonds. The van der Waals surface area contributed by atoms with Crippen LogP contribution in [0.25, 0.3) is 0 Å². The van der Waals surface area contributed by atoms with E-state index in [2.05, 4.69) is 50.4 Å². The van der Waals surface area contributed by atoms with Gasteiger partial charge in [-0.2, -0.15) is 0 Å². The molecule has 17 heavy (non-hydrogen) atoms. The van der Waals surface area contributed by atoms with Gasteiger partial charge in [-0.05, 0) is 30.4 Å². The van der Waals surface area contributed by atoms with Crippen LogP contribution in [0.5, 0.6) is 0 Å². The summed E-state index contributed by atoms with van der Waals surface area (Å²) in [6.45, 7) is 11.8. The van der Waals surface area contributed by atoms with E-state index in [1.54, 1.807) is 0 Å². The first-order valence-corrected chi connectivity index (χ1v) is 6.62. The van der Waals surface area contributed by atoms with Crippen molar-refractivity contribution in [3.05, 3.63) is 29.8 Å². The monoisotopic (exact) mass is 241 g/mol. The molecule has 0 saturated heterocycles. The van der Waals surface area contributed by atoms with E-state index in [1.807, 2.05) is 13.8 Å². The molecule has 0 saturated carbocycles. The fraction of sp³-hybridized carbons (Fsp3) is 0.600. The Morgan fingerprint density at radius 3 is 2.29 bits per heavy atom. The van der Waals surface area contributed by atoms with Crippen LogP contribution < -0.4 is 5.32 Å². The molecule has 0 radical (unpaired) electrons. The molecule has 1 atom stereocenters. The first kappa shape index (κ1) is 18.3. The molecule has 0 heterocycles. The molecule has 0 bridgehead atoms. The molecule has 102 valence electrons. The van der Waals surface area contributed by atoms with Crippen molar-refractivity contribution in [3.63, 3.8) is 0 Å². The van der Waals surface area contributed by atoms with Gasteiger partial charge in [0.15, 0.2) is 0 Å². The van der Waals surface area contributed by atoms with E-state index in [0.717, 1.165) is 6.54 Å². The second-order valence-electron chi connectivity index (χ2n) is 3.82. The summed E-state index contributed by atoms with van der Waals surface area (Å²) < 4.78 is 0. The van der Waals surface area contributed by atoms with E-state index in [-0.39, 0.29) is 6.90 Å². The Hall–Kier alpha value is -1.02. The van der Waals surface area contributed by atoms with Gasteiger partial charge in [-0.15, -0.1) is 0 Å². The summed E-state index contributed by atoms with van der Waals surface area (Å²) in [5, 5.41) is 3.48. The van der Waals surface area contributed by atoms with Gasteiger partial charge in [0.25, 0.3) is 0 Å². The summed E-state index contributed by atoms with van der Waals surface area (Å²) in [4.78, 5) is 0. The van der Waals surface area contributed by atoms with Crippen molar-refractivity contribution >= 4 is 5.69 Å². The number of hydrogen-bond donors (Lipinski definition) is 1. The van der Waals surface area contributed by atoms with Crippen LogP contribution in [0.15, 0.2) is 24.3 Å². The van der Waals surface area contributed by atoms with E-state index < -0.39 is 0 Å². The predicted molar refractivity (Wildman–Crippen MR) is 81.0 cm³/mol. The number of benzene rings is 1. The molecule has 2 heteroatoms. The highest BCUT2D eigenvalue weighted by Gasteiger charge is 2.06. The molecule has 1 aromatic carbocycles. The lowest BCUT2D eigenvalue weighted by molar-refractivity contribution is 0.734. The number of hydrogen-bond acceptors (Lipinski definition) is 1. The molecular weight excluding hydrogens is 210 g/mol. The number of anilines is 1. The van der Waals surface area contributed by atoms with Gasteiger partial charge >= 0.3 is 0 Å². The number of rotatable bonds is 5. The van der Waals surface area contributed by atoms with Crippen molar-refractivity contribution in [1.29, 1.82) is 0 Å². The van der Waals surface area contributed by atoms with Crippen molar-refractivity contribution in [2.75, 3.05) is 11.9 Å². The fourth-order valence-corrected chi connectivity index (χ4v) is 1.57. The SMILES string of the molecule is CC.CCCNc1ccccc1C(C)CC.O.[HH]. The molecule has 3 N–H and O–H groups in total. The van der Waals surface area contributed by atoms with Crippen LogP contribution in [0, 0.1) is 0 Å². The van der Waals surface area contributed by atoms with Gasteiger partial charge in [0.05, 0.1) is 0 Å². The Kier molecular flexibility index (Phi) is 12.4. The molecule has 0 aromatic heterocycles. The average Bonchev–Trinajstić information content (AvgIpc) is 2.38. The third-order valence-corrected chi connectivity index (χ3v) is 2.67. The zero-order valence-electron chi connectivity index (χ0n) is 12.0. The minimum Gasteiger partial charge on any atom is -0.412 e. The van der Waals surface area contributed by atoms with Gasteiger partial charge < -0.3 is 10.8 Å². The Labute approximate surface area is 108 Å². The smallest absolute Gasteiger partial charge is 0.0375 e. The topological polar surface area (TPSA) is 43.5 Å². The lowest BCUT2D eigenvalue weighted by Gasteiger charge is -2.15. The number of nitrogens with one attached hydrogen (secondary N) is 1. The molecule has 0 aliphatic carbocycles. The van der Waals surface area contributed by atoms with Gasteiger partial charge in [0.2, 0.25) is 0 Å². The van der Waals surface area contributed by atoms with Crippen molar-refractivity contribution in [3.8, 4) is 0 Å². The predicted octanol–water partition coefficient (Wildman–Crippen LogP) is 4.47. The van der Waals surface area contributed by atoms with Crippen LogP contribution >= 0.6 is 0 Å². The van der Waals surface area contributed by atoms with Crippen LogP contribution in [0.1, 0.15) is 60.4 Å². The fourth-order valence-electron chi connectivity index (χ4n) is 1.57. The Morgan fingerprint density at radius 1 is 1.18 bits per heavy atom. The third-order valence-electron chi connectivity index (χ3n) is 2.67. The molecule has 1 unspecified atom stereocenters. The van der Waals surface area contributed by atoms with Gasteiger partial charge in [-0.3, -0.25) is 0 Å². The summed E-state index contributed by atoms with van der Waals surface area (Å²) in [5.74, 6) is 0.649. The second kappa shape index (κ2) is 11.5. The molecule has 1 aromatic rings.